The predicted octanol–water partition coefficient (Wildman–Crippen LogP) is 5.74. The number of hydrogen-bond acceptors (Lipinski definition) is 3. The topological polar surface area (TPSA) is 38.0 Å². The number of phenolic OH excluding ortho intramolecular Hbond substituents is 1. The van der Waals surface area contributed by atoms with Gasteiger partial charge in [0.2, 0.25) is 0 Å². The molecule has 1 aromatic carbocycles. The number of rotatable bonds is 3. The van der Waals surface area contributed by atoms with Crippen molar-refractivity contribution < 1.29 is 5.11 Å². The van der Waals surface area contributed by atoms with Gasteiger partial charge in [-0.2, -0.15) is 0 Å². The zero-order valence-corrected chi connectivity index (χ0v) is 16.3. The van der Waals surface area contributed by atoms with Crippen LogP contribution in [0.15, 0.2) is 35.3 Å². The van der Waals surface area contributed by atoms with E-state index in [0.29, 0.717) is 11.7 Å². The number of aromatic hydroxyl groups is 1. The predicted molar refractivity (Wildman–Crippen MR) is 104 cm³/mol. The molecule has 0 spiro atoms. The molecular weight excluding hydrogens is 316 g/mol. The summed E-state index contributed by atoms with van der Waals surface area (Å²) in [6, 6.07) is 5.59. The molecule has 2 aromatic heterocycles. The van der Waals surface area contributed by atoms with Crippen LogP contribution in [0.25, 0.3) is 10.9 Å². The first-order valence-electron chi connectivity index (χ1n) is 8.51. The van der Waals surface area contributed by atoms with Gasteiger partial charge in [0.15, 0.2) is 0 Å². The van der Waals surface area contributed by atoms with E-state index in [1.165, 1.54) is 5.56 Å². The summed E-state index contributed by atoms with van der Waals surface area (Å²) in [6.07, 6.45) is 3.10. The molecule has 0 radical (unpaired) electrons. The van der Waals surface area contributed by atoms with Crippen LogP contribution in [0.3, 0.4) is 0 Å². The van der Waals surface area contributed by atoms with Crippen molar-refractivity contribution in [2.24, 2.45) is 12.5 Å². The highest BCUT2D eigenvalue weighted by Crippen LogP contribution is 2.39. The molecule has 1 atom stereocenters. The number of aromatic nitrogens is 2. The molecule has 0 fully saturated rings. The number of phenols is 1. The van der Waals surface area contributed by atoms with Crippen LogP contribution >= 0.6 is 11.3 Å². The minimum absolute atomic E-state index is 0.132. The number of fused-ring (bicyclic) bond motifs is 1. The van der Waals surface area contributed by atoms with Gasteiger partial charge in [-0.3, -0.25) is 0 Å². The molecule has 0 saturated carbocycles. The number of nitrogens with zero attached hydrogens (tertiary/aromatic N) is 2. The van der Waals surface area contributed by atoms with Gasteiger partial charge >= 0.3 is 0 Å². The molecule has 0 aliphatic rings. The third kappa shape index (κ3) is 3.81. The molecule has 0 aliphatic carbocycles. The highest BCUT2D eigenvalue weighted by Gasteiger charge is 2.29. The number of benzene rings is 1. The molecule has 0 amide bonds. The van der Waals surface area contributed by atoms with E-state index in [9.17, 15) is 5.11 Å². The van der Waals surface area contributed by atoms with E-state index in [-0.39, 0.29) is 5.41 Å². The van der Waals surface area contributed by atoms with Crippen molar-refractivity contribution >= 4 is 22.2 Å². The molecular formula is C20H28N2OS. The van der Waals surface area contributed by atoms with E-state index in [4.69, 9.17) is 0 Å². The van der Waals surface area contributed by atoms with Crippen LogP contribution in [-0.4, -0.2) is 14.7 Å². The van der Waals surface area contributed by atoms with Crippen molar-refractivity contribution in [1.82, 2.24) is 9.55 Å². The SMILES string of the molecule is CC.Cn1cc(C[C@@H](c2cscn2)C(C)(C)C)c2cc(O)ccc21. The fourth-order valence-corrected chi connectivity index (χ4v) is 3.70. The summed E-state index contributed by atoms with van der Waals surface area (Å²) < 4.78 is 2.13. The van der Waals surface area contributed by atoms with Crippen molar-refractivity contribution in [3.8, 4) is 5.75 Å². The average Bonchev–Trinajstić information content (AvgIpc) is 3.14. The van der Waals surface area contributed by atoms with Gasteiger partial charge in [0.1, 0.15) is 5.75 Å². The summed E-state index contributed by atoms with van der Waals surface area (Å²) in [5, 5.41) is 13.1. The first kappa shape index (κ1) is 18.5. The van der Waals surface area contributed by atoms with Gasteiger partial charge in [0.05, 0.1) is 11.2 Å². The van der Waals surface area contributed by atoms with Gasteiger partial charge in [-0.15, -0.1) is 11.3 Å². The molecule has 1 N–H and O–H groups in total. The summed E-state index contributed by atoms with van der Waals surface area (Å²) in [5.74, 6) is 0.674. The summed E-state index contributed by atoms with van der Waals surface area (Å²) in [6.45, 7) is 10.8. The summed E-state index contributed by atoms with van der Waals surface area (Å²) in [5.41, 5.74) is 5.62. The van der Waals surface area contributed by atoms with E-state index < -0.39 is 0 Å². The number of thiazole rings is 1. The number of hydrogen-bond donors (Lipinski definition) is 1. The second-order valence-electron chi connectivity index (χ2n) is 7.00. The van der Waals surface area contributed by atoms with Gasteiger partial charge < -0.3 is 9.67 Å². The van der Waals surface area contributed by atoms with Crippen molar-refractivity contribution in [1.29, 1.82) is 0 Å². The minimum atomic E-state index is 0.132. The summed E-state index contributed by atoms with van der Waals surface area (Å²) in [7, 11) is 2.05. The third-order valence-corrected chi connectivity index (χ3v) is 4.94. The average molecular weight is 345 g/mol. The second kappa shape index (κ2) is 7.39. The minimum Gasteiger partial charge on any atom is -0.508 e. The van der Waals surface area contributed by atoms with Crippen molar-refractivity contribution in [3.05, 3.63) is 46.5 Å². The Morgan fingerprint density at radius 3 is 2.54 bits per heavy atom. The van der Waals surface area contributed by atoms with Crippen LogP contribution in [0, 0.1) is 5.41 Å². The van der Waals surface area contributed by atoms with Crippen LogP contribution < -0.4 is 0 Å². The maximum absolute atomic E-state index is 9.82. The Morgan fingerprint density at radius 1 is 1.25 bits per heavy atom. The molecule has 0 aliphatic heterocycles. The highest BCUT2D eigenvalue weighted by atomic mass is 32.1. The quantitative estimate of drug-likeness (QED) is 0.658. The Labute approximate surface area is 149 Å². The maximum atomic E-state index is 9.82. The van der Waals surface area contributed by atoms with Crippen LogP contribution in [-0.2, 0) is 13.5 Å². The lowest BCUT2D eigenvalue weighted by atomic mass is 9.75. The Morgan fingerprint density at radius 2 is 1.96 bits per heavy atom. The summed E-state index contributed by atoms with van der Waals surface area (Å²) >= 11 is 1.65. The zero-order chi connectivity index (χ0) is 17.9. The van der Waals surface area contributed by atoms with Gasteiger partial charge in [0, 0.05) is 35.4 Å². The molecule has 3 rings (SSSR count). The fourth-order valence-electron chi connectivity index (χ4n) is 3.09. The molecule has 0 saturated heterocycles. The second-order valence-corrected chi connectivity index (χ2v) is 7.72. The highest BCUT2D eigenvalue weighted by molar-refractivity contribution is 7.07. The van der Waals surface area contributed by atoms with E-state index in [1.54, 1.807) is 17.4 Å². The monoisotopic (exact) mass is 344 g/mol. The van der Waals surface area contributed by atoms with E-state index >= 15 is 0 Å². The standard InChI is InChI=1S/C18H22N2OS.C2H6/c1-18(2,3)15(16-10-22-11-19-16)7-12-9-20(4)17-6-5-13(21)8-14(12)17;1-2/h5-6,8-11,15,21H,7H2,1-4H3;1-2H3/t15-;/m0./s1. The Kier molecular flexibility index (Phi) is 5.70. The maximum Gasteiger partial charge on any atom is 0.116 e. The molecule has 3 nitrogen and oxygen atoms in total. The molecule has 2 heterocycles. The lowest BCUT2D eigenvalue weighted by Crippen LogP contribution is -2.21. The lowest BCUT2D eigenvalue weighted by molar-refractivity contribution is 0.313. The van der Waals surface area contributed by atoms with Gasteiger partial charge in [-0.25, -0.2) is 4.98 Å². The Hall–Kier alpha value is -1.81. The van der Waals surface area contributed by atoms with E-state index in [1.807, 2.05) is 31.5 Å². The first-order chi connectivity index (χ1) is 11.4. The van der Waals surface area contributed by atoms with Gasteiger partial charge in [0.25, 0.3) is 0 Å². The third-order valence-electron chi connectivity index (χ3n) is 4.33. The number of aryl methyl sites for hydroxylation is 1. The molecule has 3 aromatic rings. The van der Waals surface area contributed by atoms with Gasteiger partial charge in [-0.1, -0.05) is 34.6 Å². The smallest absolute Gasteiger partial charge is 0.116 e. The van der Waals surface area contributed by atoms with Gasteiger partial charge in [-0.05, 0) is 35.6 Å². The van der Waals surface area contributed by atoms with Crippen molar-refractivity contribution in [2.75, 3.05) is 0 Å². The molecule has 0 unspecified atom stereocenters. The van der Waals surface area contributed by atoms with E-state index in [2.05, 4.69) is 48.9 Å². The molecule has 24 heavy (non-hydrogen) atoms. The van der Waals surface area contributed by atoms with Crippen LogP contribution in [0.2, 0.25) is 0 Å². The van der Waals surface area contributed by atoms with Crippen LogP contribution in [0.1, 0.15) is 51.8 Å². The Balaban J connectivity index is 0.00000100. The molecule has 0 bridgehead atoms. The largest absolute Gasteiger partial charge is 0.508 e. The normalized spacial score (nSPS) is 12.8. The summed E-state index contributed by atoms with van der Waals surface area (Å²) in [4.78, 5) is 4.55. The van der Waals surface area contributed by atoms with Crippen molar-refractivity contribution in [3.63, 3.8) is 0 Å². The zero-order valence-electron chi connectivity index (χ0n) is 15.5. The van der Waals surface area contributed by atoms with E-state index in [0.717, 1.165) is 23.0 Å². The van der Waals surface area contributed by atoms with Crippen LogP contribution in [0.4, 0.5) is 0 Å². The fraction of sp³-hybridized carbons (Fsp3) is 0.450. The lowest BCUT2D eigenvalue weighted by Gasteiger charge is -2.29. The molecule has 130 valence electrons. The Bertz CT molecular complexity index is 782. The van der Waals surface area contributed by atoms with Crippen LogP contribution in [0.5, 0.6) is 5.75 Å². The first-order valence-corrected chi connectivity index (χ1v) is 9.45. The van der Waals surface area contributed by atoms with Crippen molar-refractivity contribution in [2.45, 2.75) is 47.0 Å². The molecule has 4 heteroatoms.